The first-order valence-corrected chi connectivity index (χ1v) is 7.60. The second kappa shape index (κ2) is 7.55. The van der Waals surface area contributed by atoms with Crippen LogP contribution in [-0.4, -0.2) is 18.2 Å². The van der Waals surface area contributed by atoms with Gasteiger partial charge in [0.05, 0.1) is 13.4 Å². The van der Waals surface area contributed by atoms with Crippen LogP contribution in [0.15, 0.2) is 59.2 Å². The zero-order valence-electron chi connectivity index (χ0n) is 13.6. The molecule has 3 aromatic rings. The number of furan rings is 1. The molecular formula is C19H17NO5. The number of amides is 1. The summed E-state index contributed by atoms with van der Waals surface area (Å²) < 4.78 is 16.9. The highest BCUT2D eigenvalue weighted by Gasteiger charge is 2.17. The molecule has 0 fully saturated rings. The molecule has 1 amide bonds. The minimum Gasteiger partial charge on any atom is -0.490 e. The van der Waals surface area contributed by atoms with Gasteiger partial charge in [-0.25, -0.2) is 5.48 Å². The summed E-state index contributed by atoms with van der Waals surface area (Å²) in [6, 6.07) is 13.3. The van der Waals surface area contributed by atoms with Crippen LogP contribution < -0.4 is 15.0 Å². The molecule has 0 aliphatic rings. The van der Waals surface area contributed by atoms with Crippen molar-refractivity contribution in [1.29, 1.82) is 0 Å². The quantitative estimate of drug-likeness (QED) is 0.408. The average molecular weight is 339 g/mol. The molecule has 0 aliphatic carbocycles. The largest absolute Gasteiger partial charge is 0.490 e. The van der Waals surface area contributed by atoms with E-state index in [0.717, 1.165) is 10.9 Å². The molecule has 6 nitrogen and oxygen atoms in total. The van der Waals surface area contributed by atoms with Crippen molar-refractivity contribution in [1.82, 2.24) is 5.48 Å². The number of nitrogens with one attached hydrogen (secondary N) is 1. The van der Waals surface area contributed by atoms with Crippen LogP contribution in [-0.2, 0) is 11.4 Å². The highest BCUT2D eigenvalue weighted by molar-refractivity contribution is 5.94. The number of ether oxygens (including phenoxy) is 2. The molecule has 0 saturated carbocycles. The minimum absolute atomic E-state index is 0.330. The van der Waals surface area contributed by atoms with Gasteiger partial charge >= 0.3 is 0 Å². The molecule has 0 unspecified atom stereocenters. The summed E-state index contributed by atoms with van der Waals surface area (Å²) in [5, 5.41) is 9.46. The van der Waals surface area contributed by atoms with Crippen LogP contribution in [0.2, 0.25) is 0 Å². The van der Waals surface area contributed by atoms with Crippen molar-refractivity contribution in [2.45, 2.75) is 6.61 Å². The monoisotopic (exact) mass is 339 g/mol. The lowest BCUT2D eigenvalue weighted by atomic mass is 10.1. The molecule has 25 heavy (non-hydrogen) atoms. The van der Waals surface area contributed by atoms with Gasteiger partial charge in [-0.2, -0.15) is 0 Å². The topological polar surface area (TPSA) is 80.9 Å². The molecule has 1 heterocycles. The fraction of sp³-hybridized carbons (Fsp3) is 0.105. The van der Waals surface area contributed by atoms with Crippen LogP contribution >= 0.6 is 0 Å². The Labute approximate surface area is 144 Å². The Morgan fingerprint density at radius 3 is 2.76 bits per heavy atom. The lowest BCUT2D eigenvalue weighted by Gasteiger charge is -2.14. The number of methoxy groups -OCH3 is 1. The second-order valence-corrected chi connectivity index (χ2v) is 5.25. The van der Waals surface area contributed by atoms with Crippen molar-refractivity contribution >= 4 is 23.0 Å². The Bertz CT molecular complexity index is 899. The SMILES string of the molecule is COc1c(OCc2ccccc2)c(/C=C/C(=O)NO)cc2ccoc12. The van der Waals surface area contributed by atoms with Crippen LogP contribution in [0, 0.1) is 0 Å². The summed E-state index contributed by atoms with van der Waals surface area (Å²) >= 11 is 0. The molecule has 2 aromatic carbocycles. The standard InChI is InChI=1S/C19H17NO5/c1-23-19-17-15(9-10-24-17)11-14(7-8-16(21)20-22)18(19)25-12-13-5-3-2-4-6-13/h2-11,22H,12H2,1H3,(H,20,21)/b8-7+. The third kappa shape index (κ3) is 3.64. The fourth-order valence-electron chi connectivity index (χ4n) is 2.48. The van der Waals surface area contributed by atoms with E-state index in [-0.39, 0.29) is 0 Å². The van der Waals surface area contributed by atoms with Crippen molar-refractivity contribution < 1.29 is 23.9 Å². The number of carbonyl (C=O) groups is 1. The van der Waals surface area contributed by atoms with Crippen LogP contribution in [0.4, 0.5) is 0 Å². The van der Waals surface area contributed by atoms with E-state index in [0.29, 0.717) is 29.3 Å². The van der Waals surface area contributed by atoms with E-state index in [1.54, 1.807) is 23.9 Å². The van der Waals surface area contributed by atoms with Gasteiger partial charge in [-0.05, 0) is 23.8 Å². The van der Waals surface area contributed by atoms with E-state index in [1.165, 1.54) is 13.2 Å². The predicted molar refractivity (Wildman–Crippen MR) is 92.5 cm³/mol. The fourth-order valence-corrected chi connectivity index (χ4v) is 2.48. The van der Waals surface area contributed by atoms with Crippen molar-refractivity contribution in [2.24, 2.45) is 0 Å². The van der Waals surface area contributed by atoms with Crippen molar-refractivity contribution in [3.05, 3.63) is 65.9 Å². The van der Waals surface area contributed by atoms with Crippen molar-refractivity contribution in [3.63, 3.8) is 0 Å². The third-order valence-electron chi connectivity index (χ3n) is 3.64. The van der Waals surface area contributed by atoms with Gasteiger partial charge in [0.25, 0.3) is 5.91 Å². The summed E-state index contributed by atoms with van der Waals surface area (Å²) in [4.78, 5) is 11.3. The Morgan fingerprint density at radius 1 is 1.24 bits per heavy atom. The molecule has 6 heteroatoms. The Hall–Kier alpha value is -3.25. The van der Waals surface area contributed by atoms with E-state index >= 15 is 0 Å². The maximum absolute atomic E-state index is 11.3. The molecule has 0 aliphatic heterocycles. The van der Waals surface area contributed by atoms with Crippen LogP contribution in [0.3, 0.4) is 0 Å². The first-order valence-electron chi connectivity index (χ1n) is 7.60. The number of carbonyl (C=O) groups excluding carboxylic acids is 1. The number of hydroxylamine groups is 1. The van der Waals surface area contributed by atoms with E-state index in [9.17, 15) is 4.79 Å². The highest BCUT2D eigenvalue weighted by Crippen LogP contribution is 2.40. The molecular weight excluding hydrogens is 322 g/mol. The number of hydrogen-bond acceptors (Lipinski definition) is 5. The molecule has 2 N–H and O–H groups in total. The summed E-state index contributed by atoms with van der Waals surface area (Å²) in [6.07, 6.45) is 4.30. The molecule has 0 bridgehead atoms. The van der Waals surface area contributed by atoms with E-state index in [2.05, 4.69) is 0 Å². The van der Waals surface area contributed by atoms with Gasteiger partial charge in [0, 0.05) is 17.0 Å². The van der Waals surface area contributed by atoms with E-state index in [1.807, 2.05) is 36.4 Å². The lowest BCUT2D eigenvalue weighted by molar-refractivity contribution is -0.124. The first-order chi connectivity index (χ1) is 12.2. The number of rotatable bonds is 6. The van der Waals surface area contributed by atoms with Crippen molar-refractivity contribution in [3.8, 4) is 11.5 Å². The van der Waals surface area contributed by atoms with Gasteiger partial charge in [-0.15, -0.1) is 0 Å². The number of benzene rings is 2. The number of hydrogen-bond donors (Lipinski definition) is 2. The summed E-state index contributed by atoms with van der Waals surface area (Å²) in [5.74, 6) is 0.263. The third-order valence-corrected chi connectivity index (χ3v) is 3.64. The summed E-state index contributed by atoms with van der Waals surface area (Å²) in [6.45, 7) is 0.330. The van der Waals surface area contributed by atoms with Crippen molar-refractivity contribution in [2.75, 3.05) is 7.11 Å². The molecule has 0 spiro atoms. The molecule has 3 rings (SSSR count). The van der Waals surface area contributed by atoms with Gasteiger partial charge < -0.3 is 13.9 Å². The molecule has 128 valence electrons. The van der Waals surface area contributed by atoms with Gasteiger partial charge in [-0.3, -0.25) is 10.0 Å². The minimum atomic E-state index is -0.639. The van der Waals surface area contributed by atoms with Crippen LogP contribution in [0.5, 0.6) is 11.5 Å². The van der Waals surface area contributed by atoms with Gasteiger partial charge in [0.15, 0.2) is 11.3 Å². The molecule has 0 saturated heterocycles. The molecule has 1 aromatic heterocycles. The summed E-state index contributed by atoms with van der Waals surface area (Å²) in [5.41, 5.74) is 3.74. The Balaban J connectivity index is 2.02. The van der Waals surface area contributed by atoms with Crippen LogP contribution in [0.25, 0.3) is 17.0 Å². The van der Waals surface area contributed by atoms with Crippen LogP contribution in [0.1, 0.15) is 11.1 Å². The zero-order valence-corrected chi connectivity index (χ0v) is 13.6. The predicted octanol–water partition coefficient (Wildman–Crippen LogP) is 3.54. The maximum atomic E-state index is 11.3. The Kier molecular flexibility index (Phi) is 5.01. The first kappa shape index (κ1) is 16.6. The Morgan fingerprint density at radius 2 is 2.04 bits per heavy atom. The number of fused-ring (bicyclic) bond motifs is 1. The lowest BCUT2D eigenvalue weighted by Crippen LogP contribution is -2.14. The van der Waals surface area contributed by atoms with E-state index in [4.69, 9.17) is 19.1 Å². The smallest absolute Gasteiger partial charge is 0.267 e. The van der Waals surface area contributed by atoms with Gasteiger partial charge in [0.2, 0.25) is 5.75 Å². The van der Waals surface area contributed by atoms with Gasteiger partial charge in [0.1, 0.15) is 6.61 Å². The molecule has 0 radical (unpaired) electrons. The highest BCUT2D eigenvalue weighted by atomic mass is 16.5. The average Bonchev–Trinajstić information content (AvgIpc) is 3.12. The molecule has 0 atom stereocenters. The van der Waals surface area contributed by atoms with E-state index < -0.39 is 5.91 Å². The zero-order chi connectivity index (χ0) is 17.6. The normalized spacial score (nSPS) is 11.0. The van der Waals surface area contributed by atoms with Gasteiger partial charge in [-0.1, -0.05) is 30.3 Å². The second-order valence-electron chi connectivity index (χ2n) is 5.25. The maximum Gasteiger partial charge on any atom is 0.267 e. The summed E-state index contributed by atoms with van der Waals surface area (Å²) in [7, 11) is 1.53.